The molecule has 1 aromatic carbocycles. The number of ether oxygens (including phenoxy) is 1. The normalized spacial score (nSPS) is 12.1. The van der Waals surface area contributed by atoms with Gasteiger partial charge < -0.3 is 4.74 Å². The van der Waals surface area contributed by atoms with Crippen molar-refractivity contribution in [2.45, 2.75) is 60.8 Å². The van der Waals surface area contributed by atoms with Crippen LogP contribution in [0.2, 0.25) is 0 Å². The molecule has 22 heavy (non-hydrogen) atoms. The van der Waals surface area contributed by atoms with Gasteiger partial charge in [-0.2, -0.15) is 0 Å². The van der Waals surface area contributed by atoms with Crippen molar-refractivity contribution in [3.63, 3.8) is 0 Å². The molecular weight excluding hydrogens is 276 g/mol. The van der Waals surface area contributed by atoms with Crippen LogP contribution in [0.1, 0.15) is 65.7 Å². The molecule has 1 atom stereocenters. The zero-order valence-corrected chi connectivity index (χ0v) is 14.7. The molecule has 0 aliphatic carbocycles. The first kappa shape index (κ1) is 18.4. The Hall–Kier alpha value is -1.64. The Labute approximate surface area is 134 Å². The number of esters is 1. The Bertz CT molecular complexity index is 558. The van der Waals surface area contributed by atoms with E-state index in [1.807, 2.05) is 40.7 Å². The summed E-state index contributed by atoms with van der Waals surface area (Å²) in [7, 11) is 0. The fourth-order valence-electron chi connectivity index (χ4n) is 2.60. The second-order valence-electron chi connectivity index (χ2n) is 5.99. The number of carbonyl (C=O) groups is 2. The molecule has 0 saturated heterocycles. The number of carbonyl (C=O) groups excluding carboxylic acids is 2. The van der Waals surface area contributed by atoms with Crippen molar-refractivity contribution < 1.29 is 14.3 Å². The van der Waals surface area contributed by atoms with Crippen LogP contribution in [0.15, 0.2) is 6.07 Å². The number of ketones is 1. The number of benzene rings is 1. The maximum atomic E-state index is 12.9. The summed E-state index contributed by atoms with van der Waals surface area (Å²) in [6.45, 7) is 12.3. The van der Waals surface area contributed by atoms with Gasteiger partial charge in [-0.3, -0.25) is 9.59 Å². The Morgan fingerprint density at radius 1 is 1.00 bits per heavy atom. The second-order valence-corrected chi connectivity index (χ2v) is 5.99. The summed E-state index contributed by atoms with van der Waals surface area (Å²) < 4.78 is 5.21. The number of hydrogen-bond donors (Lipinski definition) is 0. The molecule has 0 saturated carbocycles. The van der Waals surface area contributed by atoms with Gasteiger partial charge in [0.1, 0.15) is 5.92 Å². The van der Waals surface area contributed by atoms with E-state index in [9.17, 15) is 9.59 Å². The number of aryl methyl sites for hydroxylation is 1. The van der Waals surface area contributed by atoms with Crippen LogP contribution < -0.4 is 0 Å². The van der Waals surface area contributed by atoms with Crippen molar-refractivity contribution in [2.75, 3.05) is 6.61 Å². The van der Waals surface area contributed by atoms with Crippen LogP contribution in [0.3, 0.4) is 0 Å². The smallest absolute Gasteiger partial charge is 0.316 e. The average molecular weight is 304 g/mol. The van der Waals surface area contributed by atoms with Gasteiger partial charge in [-0.1, -0.05) is 20.3 Å². The van der Waals surface area contributed by atoms with E-state index in [2.05, 4.69) is 6.92 Å². The average Bonchev–Trinajstić information content (AvgIpc) is 2.51. The number of Topliss-reactive ketones (excluding diaryl/α,β-unsaturated/α-hetero) is 1. The molecule has 0 aliphatic heterocycles. The van der Waals surface area contributed by atoms with E-state index < -0.39 is 5.92 Å². The molecule has 122 valence electrons. The fourth-order valence-corrected chi connectivity index (χ4v) is 2.60. The fraction of sp³-hybridized carbons (Fsp3) is 0.579. The second kappa shape index (κ2) is 8.11. The minimum atomic E-state index is -0.684. The van der Waals surface area contributed by atoms with Crippen LogP contribution >= 0.6 is 0 Å². The topological polar surface area (TPSA) is 43.4 Å². The molecule has 0 heterocycles. The highest BCUT2D eigenvalue weighted by molar-refractivity contribution is 6.09. The summed E-state index contributed by atoms with van der Waals surface area (Å²) >= 11 is 0. The van der Waals surface area contributed by atoms with Crippen molar-refractivity contribution >= 4 is 11.8 Å². The minimum Gasteiger partial charge on any atom is -0.465 e. The van der Waals surface area contributed by atoms with E-state index in [0.717, 1.165) is 29.5 Å². The van der Waals surface area contributed by atoms with Crippen LogP contribution in [-0.4, -0.2) is 18.4 Å². The molecule has 1 unspecified atom stereocenters. The molecule has 0 fully saturated rings. The SMILES string of the molecule is CCCOC(=O)C(CCC)C(=O)c1cc(C)c(C)c(C)c1C. The third kappa shape index (κ3) is 3.96. The largest absolute Gasteiger partial charge is 0.465 e. The van der Waals surface area contributed by atoms with Crippen molar-refractivity contribution in [3.05, 3.63) is 33.9 Å². The standard InChI is InChI=1S/C19H28O3/c1-7-9-16(19(21)22-10-8-2)18(20)17-11-12(3)13(4)14(5)15(17)6/h11,16H,7-10H2,1-6H3. The molecule has 0 amide bonds. The van der Waals surface area contributed by atoms with E-state index >= 15 is 0 Å². The Balaban J connectivity index is 3.17. The van der Waals surface area contributed by atoms with E-state index in [1.165, 1.54) is 5.56 Å². The summed E-state index contributed by atoms with van der Waals surface area (Å²) in [5.41, 5.74) is 5.05. The quantitative estimate of drug-likeness (QED) is 0.424. The Kier molecular flexibility index (Phi) is 6.79. The van der Waals surface area contributed by atoms with Crippen molar-refractivity contribution in [2.24, 2.45) is 5.92 Å². The van der Waals surface area contributed by atoms with Gasteiger partial charge in [0.15, 0.2) is 5.78 Å². The van der Waals surface area contributed by atoms with Crippen LogP contribution in [0.5, 0.6) is 0 Å². The summed E-state index contributed by atoms with van der Waals surface area (Å²) in [4.78, 5) is 25.1. The predicted octanol–water partition coefficient (Wildman–Crippen LogP) is 4.47. The van der Waals surface area contributed by atoms with Gasteiger partial charge >= 0.3 is 5.97 Å². The molecule has 0 bridgehead atoms. The zero-order valence-electron chi connectivity index (χ0n) is 14.7. The summed E-state index contributed by atoms with van der Waals surface area (Å²) in [5, 5.41) is 0. The molecular formula is C19H28O3. The molecule has 3 nitrogen and oxygen atoms in total. The first-order valence-corrected chi connectivity index (χ1v) is 8.13. The zero-order chi connectivity index (χ0) is 16.9. The van der Waals surface area contributed by atoms with Gasteiger partial charge in [-0.05, 0) is 68.9 Å². The van der Waals surface area contributed by atoms with Gasteiger partial charge in [0.2, 0.25) is 0 Å². The number of hydrogen-bond acceptors (Lipinski definition) is 3. The van der Waals surface area contributed by atoms with Crippen molar-refractivity contribution in [3.8, 4) is 0 Å². The van der Waals surface area contributed by atoms with Gasteiger partial charge in [-0.15, -0.1) is 0 Å². The highest BCUT2D eigenvalue weighted by atomic mass is 16.5. The highest BCUT2D eigenvalue weighted by Crippen LogP contribution is 2.25. The number of rotatable bonds is 7. The lowest BCUT2D eigenvalue weighted by molar-refractivity contribution is -0.146. The van der Waals surface area contributed by atoms with Crippen LogP contribution in [0, 0.1) is 33.6 Å². The molecule has 3 heteroatoms. The summed E-state index contributed by atoms with van der Waals surface area (Å²) in [5.74, 6) is -1.17. The van der Waals surface area contributed by atoms with Gasteiger partial charge in [0, 0.05) is 5.56 Å². The lowest BCUT2D eigenvalue weighted by Gasteiger charge is -2.18. The Morgan fingerprint density at radius 2 is 1.64 bits per heavy atom. The van der Waals surface area contributed by atoms with Gasteiger partial charge in [0.05, 0.1) is 6.61 Å². The van der Waals surface area contributed by atoms with Gasteiger partial charge in [0.25, 0.3) is 0 Å². The van der Waals surface area contributed by atoms with Crippen LogP contribution in [0.4, 0.5) is 0 Å². The van der Waals surface area contributed by atoms with Gasteiger partial charge in [-0.25, -0.2) is 0 Å². The Morgan fingerprint density at radius 3 is 2.18 bits per heavy atom. The van der Waals surface area contributed by atoms with E-state index in [1.54, 1.807) is 0 Å². The maximum absolute atomic E-state index is 12.9. The van der Waals surface area contributed by atoms with Crippen molar-refractivity contribution in [1.29, 1.82) is 0 Å². The van der Waals surface area contributed by atoms with E-state index in [0.29, 0.717) is 18.6 Å². The first-order chi connectivity index (χ1) is 10.3. The first-order valence-electron chi connectivity index (χ1n) is 8.13. The maximum Gasteiger partial charge on any atom is 0.316 e. The minimum absolute atomic E-state index is 0.105. The predicted molar refractivity (Wildman–Crippen MR) is 89.4 cm³/mol. The molecule has 1 rings (SSSR count). The highest BCUT2D eigenvalue weighted by Gasteiger charge is 2.29. The molecule has 0 aliphatic rings. The third-order valence-electron chi connectivity index (χ3n) is 4.37. The molecule has 1 aromatic rings. The molecule has 0 radical (unpaired) electrons. The van der Waals surface area contributed by atoms with E-state index in [4.69, 9.17) is 4.74 Å². The molecule has 0 spiro atoms. The molecule has 0 aromatic heterocycles. The van der Waals surface area contributed by atoms with Crippen LogP contribution in [-0.2, 0) is 9.53 Å². The van der Waals surface area contributed by atoms with E-state index in [-0.39, 0.29) is 11.8 Å². The lowest BCUT2D eigenvalue weighted by Crippen LogP contribution is -2.27. The molecule has 0 N–H and O–H groups in total. The summed E-state index contributed by atoms with van der Waals surface area (Å²) in [6.07, 6.45) is 2.08. The van der Waals surface area contributed by atoms with Crippen molar-refractivity contribution in [1.82, 2.24) is 0 Å². The summed E-state index contributed by atoms with van der Waals surface area (Å²) in [6, 6.07) is 1.91. The monoisotopic (exact) mass is 304 g/mol. The van der Waals surface area contributed by atoms with Crippen LogP contribution in [0.25, 0.3) is 0 Å². The third-order valence-corrected chi connectivity index (χ3v) is 4.37. The lowest BCUT2D eigenvalue weighted by atomic mass is 9.87.